The summed E-state index contributed by atoms with van der Waals surface area (Å²) in [6.45, 7) is 3.35. The van der Waals surface area contributed by atoms with Crippen LogP contribution in [0.5, 0.6) is 0 Å². The zero-order chi connectivity index (χ0) is 19.8. The first kappa shape index (κ1) is 17.5. The Balaban J connectivity index is 1.58. The van der Waals surface area contributed by atoms with Crippen LogP contribution in [0.3, 0.4) is 0 Å². The summed E-state index contributed by atoms with van der Waals surface area (Å²) in [5.74, 6) is -0.325. The van der Waals surface area contributed by atoms with E-state index >= 15 is 0 Å². The number of benzene rings is 1. The van der Waals surface area contributed by atoms with Gasteiger partial charge in [-0.1, -0.05) is 12.1 Å². The summed E-state index contributed by atoms with van der Waals surface area (Å²) in [7, 11) is 0. The molecule has 29 heavy (non-hydrogen) atoms. The number of hydrogen-bond donors (Lipinski definition) is 2. The molecule has 4 heterocycles. The summed E-state index contributed by atoms with van der Waals surface area (Å²) < 4.78 is 5.56. The number of esters is 1. The van der Waals surface area contributed by atoms with Gasteiger partial charge in [0.15, 0.2) is 0 Å². The van der Waals surface area contributed by atoms with E-state index < -0.39 is 0 Å². The van der Waals surface area contributed by atoms with Crippen LogP contribution in [0.15, 0.2) is 54.9 Å². The molecule has 1 aliphatic heterocycles. The average molecular weight is 385 g/mol. The Bertz CT molecular complexity index is 1210. The molecule has 1 saturated heterocycles. The zero-order valence-corrected chi connectivity index (χ0v) is 15.8. The van der Waals surface area contributed by atoms with Crippen molar-refractivity contribution in [1.29, 1.82) is 0 Å². The van der Waals surface area contributed by atoms with Crippen LogP contribution < -0.4 is 5.32 Å². The van der Waals surface area contributed by atoms with Crippen molar-refractivity contribution in [2.75, 3.05) is 13.1 Å². The van der Waals surface area contributed by atoms with Crippen molar-refractivity contribution in [3.63, 3.8) is 0 Å². The van der Waals surface area contributed by atoms with Gasteiger partial charge in [-0.3, -0.25) is 15.1 Å². The van der Waals surface area contributed by atoms with Crippen LogP contribution in [-0.4, -0.2) is 45.3 Å². The van der Waals surface area contributed by atoms with Gasteiger partial charge in [-0.2, -0.15) is 5.10 Å². The Hall–Kier alpha value is -3.58. The molecule has 0 amide bonds. The molecule has 4 aromatic rings. The van der Waals surface area contributed by atoms with Crippen molar-refractivity contribution >= 4 is 16.9 Å². The lowest BCUT2D eigenvalue weighted by Crippen LogP contribution is -2.49. The number of hydrogen-bond acceptors (Lipinski definition) is 6. The third-order valence-electron chi connectivity index (χ3n) is 5.07. The first-order valence-corrected chi connectivity index (χ1v) is 9.47. The number of carbonyl (C=O) groups is 1. The topological polar surface area (TPSA) is 92.8 Å². The summed E-state index contributed by atoms with van der Waals surface area (Å²) in [5, 5.41) is 11.1. The average Bonchev–Trinajstić information content (AvgIpc) is 3.19. The summed E-state index contributed by atoms with van der Waals surface area (Å²) in [6.07, 6.45) is 3.34. The first-order valence-electron chi connectivity index (χ1n) is 9.47. The highest BCUT2D eigenvalue weighted by Gasteiger charge is 2.23. The van der Waals surface area contributed by atoms with E-state index in [0.717, 1.165) is 39.1 Å². The molecule has 0 radical (unpaired) electrons. The molecule has 0 aliphatic carbocycles. The maximum atomic E-state index is 12.7. The van der Waals surface area contributed by atoms with Gasteiger partial charge in [0.2, 0.25) is 0 Å². The van der Waals surface area contributed by atoms with Crippen molar-refractivity contribution in [2.45, 2.75) is 13.0 Å². The second-order valence-electron chi connectivity index (χ2n) is 7.10. The SMILES string of the molecule is Cc1cccc(-c2[nH]ncc2-c2ccc3nccc(C(=O)OC4CNC4)c3c2)n1. The van der Waals surface area contributed by atoms with Gasteiger partial charge in [-0.15, -0.1) is 0 Å². The second kappa shape index (κ2) is 7.10. The van der Waals surface area contributed by atoms with Gasteiger partial charge >= 0.3 is 5.97 Å². The Kier molecular flexibility index (Phi) is 4.29. The van der Waals surface area contributed by atoms with E-state index in [0.29, 0.717) is 18.7 Å². The van der Waals surface area contributed by atoms with Gasteiger partial charge in [0.25, 0.3) is 0 Å². The molecule has 5 rings (SSSR count). The third kappa shape index (κ3) is 3.25. The van der Waals surface area contributed by atoms with Gasteiger partial charge in [0.1, 0.15) is 6.10 Å². The number of aryl methyl sites for hydroxylation is 1. The van der Waals surface area contributed by atoms with Gasteiger partial charge in [-0.25, -0.2) is 4.79 Å². The van der Waals surface area contributed by atoms with Crippen molar-refractivity contribution in [3.8, 4) is 22.5 Å². The van der Waals surface area contributed by atoms with E-state index in [1.165, 1.54) is 0 Å². The van der Waals surface area contributed by atoms with E-state index in [1.807, 2.05) is 43.3 Å². The maximum Gasteiger partial charge on any atom is 0.339 e. The van der Waals surface area contributed by atoms with Crippen LogP contribution in [0.1, 0.15) is 16.1 Å². The molecule has 7 nitrogen and oxygen atoms in total. The highest BCUT2D eigenvalue weighted by atomic mass is 16.5. The van der Waals surface area contributed by atoms with Gasteiger partial charge in [0, 0.05) is 35.9 Å². The number of nitrogens with one attached hydrogen (secondary N) is 2. The third-order valence-corrected chi connectivity index (χ3v) is 5.07. The number of aromatic nitrogens is 4. The maximum absolute atomic E-state index is 12.7. The standard InChI is InChI=1S/C22H19N5O2/c1-13-3-2-4-20(26-13)21-18(12-25-27-21)14-5-6-19-17(9-14)16(7-8-24-19)22(28)29-15-10-23-11-15/h2-9,12,15,23H,10-11H2,1H3,(H,25,27). The van der Waals surface area contributed by atoms with Gasteiger partial charge in [0.05, 0.1) is 28.7 Å². The summed E-state index contributed by atoms with van der Waals surface area (Å²) >= 11 is 0. The van der Waals surface area contributed by atoms with E-state index in [9.17, 15) is 4.79 Å². The van der Waals surface area contributed by atoms with Crippen LogP contribution in [-0.2, 0) is 4.74 Å². The van der Waals surface area contributed by atoms with Crippen LogP contribution >= 0.6 is 0 Å². The molecule has 7 heteroatoms. The predicted octanol–water partition coefficient (Wildman–Crippen LogP) is 3.12. The Morgan fingerprint density at radius 1 is 1.17 bits per heavy atom. The number of aromatic amines is 1. The largest absolute Gasteiger partial charge is 0.456 e. The summed E-state index contributed by atoms with van der Waals surface area (Å²) in [6, 6.07) is 13.4. The lowest BCUT2D eigenvalue weighted by Gasteiger charge is -2.26. The molecular weight excluding hydrogens is 366 g/mol. The molecule has 0 atom stereocenters. The molecule has 0 unspecified atom stereocenters. The van der Waals surface area contributed by atoms with E-state index in [2.05, 4.69) is 25.5 Å². The zero-order valence-electron chi connectivity index (χ0n) is 15.8. The fourth-order valence-corrected chi connectivity index (χ4v) is 3.43. The minimum absolute atomic E-state index is 0.0678. The Morgan fingerprint density at radius 3 is 2.86 bits per heavy atom. The molecule has 1 aliphatic rings. The lowest BCUT2D eigenvalue weighted by molar-refractivity contribution is 0.0172. The number of carbonyl (C=O) groups excluding carboxylic acids is 1. The van der Waals surface area contributed by atoms with Crippen LogP contribution in [0.2, 0.25) is 0 Å². The van der Waals surface area contributed by atoms with Crippen LogP contribution in [0.4, 0.5) is 0 Å². The van der Waals surface area contributed by atoms with E-state index in [-0.39, 0.29) is 12.1 Å². The van der Waals surface area contributed by atoms with Crippen molar-refractivity contribution < 1.29 is 9.53 Å². The first-order chi connectivity index (χ1) is 14.2. The number of H-pyrrole nitrogens is 1. The minimum atomic E-state index is -0.325. The molecule has 0 bridgehead atoms. The summed E-state index contributed by atoms with van der Waals surface area (Å²) in [4.78, 5) is 21.7. The minimum Gasteiger partial charge on any atom is -0.456 e. The number of fused-ring (bicyclic) bond motifs is 1. The van der Waals surface area contributed by atoms with E-state index in [1.54, 1.807) is 18.5 Å². The van der Waals surface area contributed by atoms with Crippen LogP contribution in [0, 0.1) is 6.92 Å². The normalized spacial score (nSPS) is 14.0. The molecule has 144 valence electrons. The number of ether oxygens (including phenoxy) is 1. The molecule has 2 N–H and O–H groups in total. The molecule has 0 spiro atoms. The van der Waals surface area contributed by atoms with Gasteiger partial charge < -0.3 is 10.1 Å². The Morgan fingerprint density at radius 2 is 2.07 bits per heavy atom. The van der Waals surface area contributed by atoms with Crippen molar-refractivity contribution in [3.05, 3.63) is 66.1 Å². The van der Waals surface area contributed by atoms with Crippen LogP contribution in [0.25, 0.3) is 33.4 Å². The number of nitrogens with zero attached hydrogens (tertiary/aromatic N) is 3. The highest BCUT2D eigenvalue weighted by molar-refractivity contribution is 6.04. The van der Waals surface area contributed by atoms with E-state index in [4.69, 9.17) is 4.74 Å². The summed E-state index contributed by atoms with van der Waals surface area (Å²) in [5.41, 5.74) is 5.69. The van der Waals surface area contributed by atoms with Gasteiger partial charge in [-0.05, 0) is 42.8 Å². The van der Waals surface area contributed by atoms with Crippen molar-refractivity contribution in [2.24, 2.45) is 0 Å². The Labute approximate surface area is 167 Å². The number of rotatable bonds is 4. The highest BCUT2D eigenvalue weighted by Crippen LogP contribution is 2.32. The smallest absolute Gasteiger partial charge is 0.339 e. The number of pyridine rings is 2. The predicted molar refractivity (Wildman–Crippen MR) is 109 cm³/mol. The fraction of sp³-hybridized carbons (Fsp3) is 0.182. The monoisotopic (exact) mass is 385 g/mol. The molecular formula is C22H19N5O2. The quantitative estimate of drug-likeness (QED) is 0.525. The van der Waals surface area contributed by atoms with Crippen molar-refractivity contribution in [1.82, 2.24) is 25.5 Å². The molecule has 3 aromatic heterocycles. The fourth-order valence-electron chi connectivity index (χ4n) is 3.43. The lowest BCUT2D eigenvalue weighted by atomic mass is 10.00. The molecule has 1 aromatic carbocycles. The molecule has 1 fully saturated rings. The molecule has 0 saturated carbocycles. The second-order valence-corrected chi connectivity index (χ2v) is 7.10.